The van der Waals surface area contributed by atoms with E-state index >= 15 is 0 Å². The van der Waals surface area contributed by atoms with Gasteiger partial charge in [-0.3, -0.25) is 0 Å². The predicted octanol–water partition coefficient (Wildman–Crippen LogP) is 18.7. The summed E-state index contributed by atoms with van der Waals surface area (Å²) in [5, 5.41) is 23.8. The van der Waals surface area contributed by atoms with E-state index in [0.29, 0.717) is 16.9 Å². The van der Waals surface area contributed by atoms with E-state index < -0.39 is 0 Å². The maximum atomic E-state index is 12.3. The lowest BCUT2D eigenvalue weighted by atomic mass is 9.88. The Morgan fingerprint density at radius 2 is 0.899 bits per heavy atom. The van der Waals surface area contributed by atoms with Crippen molar-refractivity contribution < 1.29 is 0 Å². The van der Waals surface area contributed by atoms with Crippen LogP contribution in [0.4, 0.5) is 5.69 Å². The van der Waals surface area contributed by atoms with Gasteiger partial charge in [0.05, 0.1) is 55.0 Å². The molecule has 4 nitrogen and oxygen atoms in total. The van der Waals surface area contributed by atoms with E-state index in [4.69, 9.17) is 4.85 Å². The van der Waals surface area contributed by atoms with Crippen molar-refractivity contribution in [2.24, 2.45) is 0 Å². The number of benzene rings is 10. The number of hydrogen-bond acceptors (Lipinski definition) is 4. The number of hydrogen-bond donors (Lipinski definition) is 0. The van der Waals surface area contributed by atoms with Crippen molar-refractivity contribution in [3.63, 3.8) is 0 Å². The molecule has 0 saturated carbocycles. The third-order valence-electron chi connectivity index (χ3n) is 14.2. The van der Waals surface area contributed by atoms with E-state index in [1.54, 1.807) is 22.7 Å². The quantitative estimate of drug-likeness (QED) is 0.162. The van der Waals surface area contributed by atoms with Crippen molar-refractivity contribution in [1.82, 2.24) is 9.13 Å². The smallest absolute Gasteiger partial charge is 0.221 e. The first-order valence-corrected chi connectivity index (χ1v) is 25.3. The second-order valence-electron chi connectivity index (χ2n) is 17.6. The van der Waals surface area contributed by atoms with Gasteiger partial charge in [-0.2, -0.15) is 5.26 Å². The molecule has 5 heterocycles. The highest BCUT2D eigenvalue weighted by Gasteiger charge is 2.33. The molecule has 0 radical (unpaired) electrons. The van der Waals surface area contributed by atoms with Crippen LogP contribution in [0.15, 0.2) is 194 Å². The first kappa shape index (κ1) is 38.5. The second kappa shape index (κ2) is 14.5. The lowest BCUT2D eigenvalue weighted by molar-refractivity contribution is 1.15. The van der Waals surface area contributed by atoms with Crippen LogP contribution in [-0.4, -0.2) is 9.13 Å². The number of fused-ring (bicyclic) bond motifs is 18. The first-order valence-electron chi connectivity index (χ1n) is 22.9. The van der Waals surface area contributed by atoms with Gasteiger partial charge in [0.15, 0.2) is 0 Å². The maximum Gasteiger partial charge on any atom is 0.221 e. The van der Waals surface area contributed by atoms with Crippen molar-refractivity contribution in [2.75, 3.05) is 0 Å². The summed E-state index contributed by atoms with van der Waals surface area (Å²) in [4.78, 5) is 4.69. The highest BCUT2D eigenvalue weighted by molar-refractivity contribution is 7.27. The van der Waals surface area contributed by atoms with Crippen LogP contribution in [0.2, 0.25) is 0 Å². The number of aromatic nitrogens is 2. The predicted molar refractivity (Wildman–Crippen MR) is 296 cm³/mol. The summed E-state index contributed by atoms with van der Waals surface area (Å²) >= 11 is 5.37. The molecular weight excluding hydrogens is 897 g/mol. The van der Waals surface area contributed by atoms with Crippen LogP contribution >= 0.6 is 34.0 Å². The van der Waals surface area contributed by atoms with Crippen LogP contribution < -0.4 is 0 Å². The molecule has 318 valence electrons. The Hall–Kier alpha value is -8.56. The summed E-state index contributed by atoms with van der Waals surface area (Å²) in [6, 6.07) is 71.7. The Morgan fingerprint density at radius 3 is 1.49 bits per heavy atom. The lowest BCUT2D eigenvalue weighted by Gasteiger charge is -2.25. The molecule has 15 aromatic rings. The van der Waals surface area contributed by atoms with Crippen LogP contribution in [0.1, 0.15) is 5.56 Å². The Labute approximate surface area is 406 Å². The fourth-order valence-electron chi connectivity index (χ4n) is 11.4. The topological polar surface area (TPSA) is 38.0 Å². The summed E-state index contributed by atoms with van der Waals surface area (Å²) in [6.07, 6.45) is 0. The molecule has 0 aliphatic rings. The number of para-hydroxylation sites is 1. The summed E-state index contributed by atoms with van der Waals surface area (Å²) in [5.41, 5.74) is 9.66. The van der Waals surface area contributed by atoms with E-state index in [1.165, 1.54) is 40.3 Å². The van der Waals surface area contributed by atoms with Crippen LogP contribution in [0.25, 0.3) is 143 Å². The van der Waals surface area contributed by atoms with Gasteiger partial charge >= 0.3 is 0 Å². The molecule has 0 unspecified atom stereocenters. The summed E-state index contributed by atoms with van der Waals surface area (Å²) in [6.45, 7) is 9.57. The van der Waals surface area contributed by atoms with Crippen molar-refractivity contribution in [3.05, 3.63) is 211 Å². The first-order chi connectivity index (χ1) is 34.2. The summed E-state index contributed by atoms with van der Waals surface area (Å²) in [7, 11) is 0. The van der Waals surface area contributed by atoms with Gasteiger partial charge in [-0.1, -0.05) is 158 Å². The molecule has 0 bridgehead atoms. The van der Waals surface area contributed by atoms with E-state index in [0.717, 1.165) is 91.7 Å². The van der Waals surface area contributed by atoms with Gasteiger partial charge in [0, 0.05) is 83.8 Å². The van der Waals surface area contributed by atoms with Crippen molar-refractivity contribution in [3.8, 4) is 39.7 Å². The van der Waals surface area contributed by atoms with Gasteiger partial charge in [0.1, 0.15) is 6.07 Å². The van der Waals surface area contributed by atoms with Crippen molar-refractivity contribution in [2.45, 2.75) is 0 Å². The van der Waals surface area contributed by atoms with Gasteiger partial charge < -0.3 is 9.13 Å². The minimum absolute atomic E-state index is 0.426. The average molecular weight is 929 g/mol. The molecule has 0 saturated heterocycles. The average Bonchev–Trinajstić information content (AvgIpc) is 4.22. The maximum absolute atomic E-state index is 12.3. The van der Waals surface area contributed by atoms with Crippen LogP contribution in [0.3, 0.4) is 0 Å². The van der Waals surface area contributed by atoms with Crippen molar-refractivity contribution >= 4 is 144 Å². The van der Waals surface area contributed by atoms with E-state index in [1.807, 2.05) is 23.5 Å². The molecule has 15 rings (SSSR count). The molecule has 0 spiro atoms. The lowest BCUT2D eigenvalue weighted by Crippen LogP contribution is -2.08. The van der Waals surface area contributed by atoms with Crippen LogP contribution in [0.5, 0.6) is 0 Å². The number of nitrogens with zero attached hydrogens (tertiary/aromatic N) is 4. The van der Waals surface area contributed by atoms with Gasteiger partial charge in [-0.15, -0.1) is 34.0 Å². The summed E-state index contributed by atoms with van der Waals surface area (Å²) < 4.78 is 11.8. The second-order valence-corrected chi connectivity index (χ2v) is 20.8. The molecule has 7 heteroatoms. The molecule has 0 N–H and O–H groups in total. The Balaban J connectivity index is 1.22. The minimum Gasteiger partial charge on any atom is -0.315 e. The Morgan fingerprint density at radius 1 is 0.391 bits per heavy atom. The highest BCUT2D eigenvalue weighted by Crippen LogP contribution is 2.55. The van der Waals surface area contributed by atoms with Gasteiger partial charge in [-0.05, 0) is 47.5 Å². The zero-order chi connectivity index (χ0) is 45.5. The van der Waals surface area contributed by atoms with Crippen molar-refractivity contribution in [1.29, 1.82) is 5.26 Å². The third kappa shape index (κ3) is 5.19. The van der Waals surface area contributed by atoms with Gasteiger partial charge in [0.2, 0.25) is 5.69 Å². The number of rotatable bonds is 4. The zero-order valence-electron chi connectivity index (χ0n) is 36.5. The van der Waals surface area contributed by atoms with E-state index in [9.17, 15) is 11.8 Å². The normalized spacial score (nSPS) is 12.0. The SMILES string of the molecule is [C-]#[N+]c1c(-c2ccccc2)c(-n2c3ccccc3c3c4c(ccc32)sc2ccccc24)c(-c2ccccc2)c(C#N)c1-n1c2c(ccc3c4ccccc4sc32)c2ccc3c4ccccc4sc3c21. The monoisotopic (exact) mass is 928 g/mol. The molecule has 10 aromatic carbocycles. The largest absolute Gasteiger partial charge is 0.315 e. The molecule has 0 amide bonds. The molecule has 0 atom stereocenters. The van der Waals surface area contributed by atoms with E-state index in [2.05, 4.69) is 197 Å². The highest BCUT2D eigenvalue weighted by atomic mass is 32.1. The third-order valence-corrected chi connectivity index (χ3v) is 17.7. The van der Waals surface area contributed by atoms with E-state index in [-0.39, 0.29) is 0 Å². The van der Waals surface area contributed by atoms with Crippen LogP contribution in [-0.2, 0) is 0 Å². The molecule has 0 aliphatic heterocycles. The van der Waals surface area contributed by atoms with Crippen LogP contribution in [0, 0.1) is 17.9 Å². The standard InChI is InChI=1S/C62H32N4S3/c1-64-56-53(36-18-6-3-7-19-36)60(65-46-24-12-8-22-43(46)54-47(65)32-33-51-55(54)44-23-11-15-27-50(44)67-51)52(35-16-4-2-5-17-35)45(34-63)57(56)66-58-39(28-30-41-37-20-9-13-25-48(37)68-61(41)58)40-29-31-42-38-21-10-14-26-49(38)69-62(42)59(40)66/h2-33H. The Bertz CT molecular complexity index is 4590. The molecule has 69 heavy (non-hydrogen) atoms. The molecular formula is C62H32N4S3. The summed E-state index contributed by atoms with van der Waals surface area (Å²) in [5.74, 6) is 0. The van der Waals surface area contributed by atoms with Gasteiger partial charge in [-0.25, -0.2) is 4.85 Å². The fraction of sp³-hybridized carbons (Fsp3) is 0. The fourth-order valence-corrected chi connectivity index (χ4v) is 15.0. The molecule has 0 fully saturated rings. The molecule has 5 aromatic heterocycles. The van der Waals surface area contributed by atoms with Gasteiger partial charge in [0.25, 0.3) is 0 Å². The zero-order valence-corrected chi connectivity index (χ0v) is 38.9. The Kier molecular flexibility index (Phi) is 8.08. The number of thiophene rings is 3. The number of nitriles is 1. The molecule has 0 aliphatic carbocycles. The minimum atomic E-state index is 0.426.